The van der Waals surface area contributed by atoms with Gasteiger partial charge in [0, 0.05) is 38.3 Å². The van der Waals surface area contributed by atoms with Crippen LogP contribution in [0.1, 0.15) is 32.1 Å². The van der Waals surface area contributed by atoms with Crippen molar-refractivity contribution in [1.82, 2.24) is 15.3 Å². The first-order valence-corrected chi connectivity index (χ1v) is 12.3. The Morgan fingerprint density at radius 1 is 1.24 bits per heavy atom. The van der Waals surface area contributed by atoms with Gasteiger partial charge in [-0.15, -0.1) is 0 Å². The smallest absolute Gasteiger partial charge is 0.208 e. The van der Waals surface area contributed by atoms with E-state index < -0.39 is 6.10 Å². The number of benzene rings is 1. The third-order valence-corrected chi connectivity index (χ3v) is 6.56. The van der Waals surface area contributed by atoms with Gasteiger partial charge >= 0.3 is 0 Å². The van der Waals surface area contributed by atoms with Gasteiger partial charge in [-0.1, -0.05) is 31.4 Å². The number of aliphatic hydroxyl groups is 1. The number of likely N-dealkylation sites (N-methyl/N-ethyl adjacent to an activating group) is 1. The van der Waals surface area contributed by atoms with Crippen LogP contribution < -0.4 is 19.9 Å². The molecule has 1 aromatic carbocycles. The summed E-state index contributed by atoms with van der Waals surface area (Å²) in [5, 5.41) is 12.9. The Labute approximate surface area is 201 Å². The Hall–Kier alpha value is -2.49. The normalized spacial score (nSPS) is 18.1. The summed E-state index contributed by atoms with van der Waals surface area (Å²) < 4.78 is 27.0. The lowest BCUT2D eigenvalue weighted by molar-refractivity contribution is 0.108. The molecule has 2 aromatic rings. The zero-order valence-corrected chi connectivity index (χ0v) is 20.2. The lowest BCUT2D eigenvalue weighted by atomic mass is 9.94. The van der Waals surface area contributed by atoms with Crippen molar-refractivity contribution in [2.45, 2.75) is 44.2 Å². The molecule has 0 amide bonds. The fourth-order valence-electron chi connectivity index (χ4n) is 4.62. The third kappa shape index (κ3) is 5.95. The van der Waals surface area contributed by atoms with E-state index in [0.717, 1.165) is 31.2 Å². The predicted molar refractivity (Wildman–Crippen MR) is 131 cm³/mol. The van der Waals surface area contributed by atoms with Crippen molar-refractivity contribution in [1.29, 1.82) is 0 Å². The van der Waals surface area contributed by atoms with Crippen LogP contribution in [0.15, 0.2) is 24.3 Å². The first-order chi connectivity index (χ1) is 16.6. The van der Waals surface area contributed by atoms with Gasteiger partial charge in [0.15, 0.2) is 17.5 Å². The summed E-state index contributed by atoms with van der Waals surface area (Å²) in [4.78, 5) is 13.3. The van der Waals surface area contributed by atoms with Crippen LogP contribution in [0, 0.1) is 5.82 Å². The van der Waals surface area contributed by atoms with Crippen LogP contribution in [-0.4, -0.2) is 80.8 Å². The van der Waals surface area contributed by atoms with Crippen LogP contribution in [0.2, 0.25) is 0 Å². The van der Waals surface area contributed by atoms with E-state index in [2.05, 4.69) is 10.3 Å². The highest BCUT2D eigenvalue weighted by molar-refractivity contribution is 5.64. The van der Waals surface area contributed by atoms with Crippen molar-refractivity contribution < 1.29 is 19.0 Å². The molecule has 1 aromatic heterocycles. The first-order valence-electron chi connectivity index (χ1n) is 12.3. The third-order valence-electron chi connectivity index (χ3n) is 6.56. The van der Waals surface area contributed by atoms with E-state index in [1.165, 1.54) is 6.42 Å². The Bertz CT molecular complexity index is 935. The van der Waals surface area contributed by atoms with Crippen LogP contribution >= 0.6 is 0 Å². The molecule has 1 saturated heterocycles. The largest absolute Gasteiger partial charge is 0.491 e. The van der Waals surface area contributed by atoms with Crippen LogP contribution in [0.3, 0.4) is 0 Å². The molecule has 34 heavy (non-hydrogen) atoms. The molecule has 0 bridgehead atoms. The van der Waals surface area contributed by atoms with Crippen molar-refractivity contribution in [2.75, 3.05) is 63.4 Å². The number of ether oxygens (including phenoxy) is 2. The van der Waals surface area contributed by atoms with Crippen LogP contribution in [0.4, 0.5) is 16.0 Å². The molecule has 1 aliphatic carbocycles. The van der Waals surface area contributed by atoms with Gasteiger partial charge in [-0.05, 0) is 32.0 Å². The minimum atomic E-state index is -0.612. The van der Waals surface area contributed by atoms with Crippen molar-refractivity contribution >= 4 is 11.6 Å². The average molecular weight is 474 g/mol. The Kier molecular flexibility index (Phi) is 8.53. The molecule has 4 rings (SSSR count). The van der Waals surface area contributed by atoms with Gasteiger partial charge in [0.05, 0.1) is 13.2 Å². The maximum atomic E-state index is 15.8. The van der Waals surface area contributed by atoms with E-state index in [-0.39, 0.29) is 18.5 Å². The summed E-state index contributed by atoms with van der Waals surface area (Å²) >= 11 is 0. The molecule has 2 aliphatic rings. The fraction of sp³-hybridized carbons (Fsp3) is 0.600. The lowest BCUT2D eigenvalue weighted by Gasteiger charge is -2.34. The van der Waals surface area contributed by atoms with Crippen LogP contribution in [0.5, 0.6) is 5.75 Å². The number of anilines is 2. The quantitative estimate of drug-likeness (QED) is 0.575. The van der Waals surface area contributed by atoms with E-state index in [1.54, 1.807) is 7.05 Å². The van der Waals surface area contributed by atoms with Crippen LogP contribution in [0.25, 0.3) is 11.4 Å². The molecule has 8 nitrogen and oxygen atoms in total. The number of aliphatic hydroxyl groups excluding tert-OH is 1. The van der Waals surface area contributed by atoms with E-state index in [1.807, 2.05) is 41.1 Å². The second-order valence-corrected chi connectivity index (χ2v) is 9.06. The summed E-state index contributed by atoms with van der Waals surface area (Å²) in [6, 6.07) is 7.70. The highest BCUT2D eigenvalue weighted by Gasteiger charge is 2.27. The highest BCUT2D eigenvalue weighted by Crippen LogP contribution is 2.33. The fourth-order valence-corrected chi connectivity index (χ4v) is 4.62. The van der Waals surface area contributed by atoms with Crippen LogP contribution in [-0.2, 0) is 4.74 Å². The van der Waals surface area contributed by atoms with Gasteiger partial charge in [0.25, 0.3) is 0 Å². The molecule has 0 spiro atoms. The SMILES string of the molecule is CNCC(O)COc1cccc(-c2nc(N3CCOCC3)c(F)c(N(C)C3CCCCC3)n2)c1. The van der Waals surface area contributed by atoms with Gasteiger partial charge in [0.2, 0.25) is 5.82 Å². The van der Waals surface area contributed by atoms with Gasteiger partial charge < -0.3 is 29.7 Å². The van der Waals surface area contributed by atoms with Crippen molar-refractivity contribution in [3.63, 3.8) is 0 Å². The summed E-state index contributed by atoms with van der Waals surface area (Å²) in [6.07, 6.45) is 5.02. The minimum Gasteiger partial charge on any atom is -0.491 e. The second-order valence-electron chi connectivity index (χ2n) is 9.06. The standard InChI is InChI=1S/C25H36FN5O3/c1-27-16-20(32)17-34-21-10-6-7-18(15-21)23-28-24(30(2)19-8-4-3-5-9-19)22(26)25(29-23)31-11-13-33-14-12-31/h6-7,10,15,19-20,27,32H,3-5,8-9,11-14,16-17H2,1-2H3. The average Bonchev–Trinajstić information content (AvgIpc) is 2.88. The van der Waals surface area contributed by atoms with E-state index in [0.29, 0.717) is 56.1 Å². The topological polar surface area (TPSA) is 83.0 Å². The molecule has 9 heteroatoms. The Morgan fingerprint density at radius 2 is 2.00 bits per heavy atom. The number of morpholine rings is 1. The van der Waals surface area contributed by atoms with Crippen molar-refractivity contribution in [3.05, 3.63) is 30.1 Å². The number of hydrogen-bond acceptors (Lipinski definition) is 8. The summed E-state index contributed by atoms with van der Waals surface area (Å²) in [7, 11) is 3.72. The zero-order valence-electron chi connectivity index (χ0n) is 20.2. The molecule has 1 unspecified atom stereocenters. The molecule has 1 aliphatic heterocycles. The van der Waals surface area contributed by atoms with E-state index in [4.69, 9.17) is 14.5 Å². The summed E-state index contributed by atoms with van der Waals surface area (Å²) in [5.41, 5.74) is 0.744. The minimum absolute atomic E-state index is 0.170. The molecular weight excluding hydrogens is 437 g/mol. The molecule has 2 N–H and O–H groups in total. The van der Waals surface area contributed by atoms with Gasteiger partial charge in [-0.3, -0.25) is 0 Å². The Balaban J connectivity index is 1.66. The summed E-state index contributed by atoms with van der Waals surface area (Å²) in [5.74, 6) is 1.36. The molecule has 1 atom stereocenters. The molecule has 2 fully saturated rings. The number of hydrogen-bond donors (Lipinski definition) is 2. The number of aromatic nitrogens is 2. The Morgan fingerprint density at radius 3 is 2.74 bits per heavy atom. The van der Waals surface area contributed by atoms with Gasteiger partial charge in [-0.25, -0.2) is 9.97 Å². The summed E-state index contributed by atoms with van der Waals surface area (Å²) in [6.45, 7) is 2.89. The van der Waals surface area contributed by atoms with Gasteiger partial charge in [-0.2, -0.15) is 4.39 Å². The number of nitrogens with zero attached hydrogens (tertiary/aromatic N) is 4. The van der Waals surface area contributed by atoms with E-state index in [9.17, 15) is 5.11 Å². The number of nitrogens with one attached hydrogen (secondary N) is 1. The number of rotatable bonds is 9. The molecular formula is C25H36FN5O3. The molecule has 0 radical (unpaired) electrons. The maximum absolute atomic E-state index is 15.8. The highest BCUT2D eigenvalue weighted by atomic mass is 19.1. The predicted octanol–water partition coefficient (Wildman–Crippen LogP) is 2.85. The van der Waals surface area contributed by atoms with Crippen molar-refractivity contribution in [2.24, 2.45) is 0 Å². The molecule has 186 valence electrons. The van der Waals surface area contributed by atoms with Gasteiger partial charge in [0.1, 0.15) is 18.5 Å². The number of halogens is 1. The maximum Gasteiger partial charge on any atom is 0.208 e. The van der Waals surface area contributed by atoms with Crippen molar-refractivity contribution in [3.8, 4) is 17.1 Å². The molecule has 1 saturated carbocycles. The van der Waals surface area contributed by atoms with E-state index >= 15 is 4.39 Å². The lowest BCUT2D eigenvalue weighted by Crippen LogP contribution is -2.39. The monoisotopic (exact) mass is 473 g/mol. The zero-order chi connectivity index (χ0) is 23.9. The first kappa shape index (κ1) is 24.6. The molecule has 2 heterocycles. The second kappa shape index (κ2) is 11.8.